The van der Waals surface area contributed by atoms with Crippen LogP contribution >= 0.6 is 0 Å². The van der Waals surface area contributed by atoms with Crippen LogP contribution in [0, 0.1) is 11.7 Å². The first-order chi connectivity index (χ1) is 13.5. The molecule has 0 unspecified atom stereocenters. The predicted octanol–water partition coefficient (Wildman–Crippen LogP) is 4.96. The number of rotatable bonds is 3. The van der Waals surface area contributed by atoms with E-state index in [1.54, 1.807) is 18.2 Å². The van der Waals surface area contributed by atoms with Gasteiger partial charge in [-0.15, -0.1) is 0 Å². The van der Waals surface area contributed by atoms with Gasteiger partial charge in [-0.05, 0) is 55.7 Å². The summed E-state index contributed by atoms with van der Waals surface area (Å²) in [6.45, 7) is 4.21. The van der Waals surface area contributed by atoms with E-state index in [4.69, 9.17) is 4.99 Å². The number of benzene rings is 1. The molecule has 142 valence electrons. The second-order valence-electron chi connectivity index (χ2n) is 7.51. The highest BCUT2D eigenvalue weighted by Gasteiger charge is 2.46. The first-order valence-electron chi connectivity index (χ1n) is 9.56. The Bertz CT molecular complexity index is 1070. The standard InChI is InChI=1S/C24H23FN2O/c1-3-20-18-13-16(2)15-24(20,21-10-11-23(28)27-22(21)14-18)26-12-4-5-17-6-8-19(25)9-7-17/h3-13,18H,14-15H2,1-2H3,(H,27,28)/b5-4+,20-3+,26-12+/t18-,24+/m0/s1. The first-order valence-corrected chi connectivity index (χ1v) is 9.56. The molecular weight excluding hydrogens is 351 g/mol. The van der Waals surface area contributed by atoms with Crippen LogP contribution in [0.5, 0.6) is 0 Å². The Kier molecular flexibility index (Phi) is 4.71. The van der Waals surface area contributed by atoms with Crippen molar-refractivity contribution in [2.75, 3.05) is 0 Å². The minimum atomic E-state index is -0.483. The summed E-state index contributed by atoms with van der Waals surface area (Å²) < 4.78 is 13.1. The van der Waals surface area contributed by atoms with Crippen molar-refractivity contribution in [3.63, 3.8) is 0 Å². The summed E-state index contributed by atoms with van der Waals surface area (Å²) in [7, 11) is 0. The van der Waals surface area contributed by atoms with Crippen LogP contribution in [0.3, 0.4) is 0 Å². The molecule has 1 aromatic carbocycles. The quantitative estimate of drug-likeness (QED) is 0.599. The van der Waals surface area contributed by atoms with E-state index >= 15 is 0 Å². The Morgan fingerprint density at radius 3 is 2.75 bits per heavy atom. The molecule has 0 spiro atoms. The van der Waals surface area contributed by atoms with Gasteiger partial charge in [0.05, 0.1) is 0 Å². The maximum absolute atomic E-state index is 13.1. The predicted molar refractivity (Wildman–Crippen MR) is 112 cm³/mol. The number of H-pyrrole nitrogens is 1. The third kappa shape index (κ3) is 3.19. The third-order valence-electron chi connectivity index (χ3n) is 5.62. The van der Waals surface area contributed by atoms with Crippen LogP contribution in [-0.4, -0.2) is 11.2 Å². The highest BCUT2D eigenvalue weighted by molar-refractivity contribution is 5.79. The van der Waals surface area contributed by atoms with Crippen molar-refractivity contribution in [2.24, 2.45) is 10.9 Å². The number of hydrogen-bond donors (Lipinski definition) is 1. The molecular formula is C24H23FN2O. The normalized spacial score (nSPS) is 25.3. The number of halogens is 1. The van der Waals surface area contributed by atoms with Gasteiger partial charge < -0.3 is 4.98 Å². The molecule has 4 rings (SSSR count). The molecule has 0 aliphatic heterocycles. The monoisotopic (exact) mass is 374 g/mol. The van der Waals surface area contributed by atoms with E-state index in [1.807, 2.05) is 24.4 Å². The van der Waals surface area contributed by atoms with Gasteiger partial charge in [-0.25, -0.2) is 4.39 Å². The lowest BCUT2D eigenvalue weighted by molar-refractivity contribution is 0.413. The molecule has 2 aliphatic rings. The van der Waals surface area contributed by atoms with Gasteiger partial charge in [0, 0.05) is 35.9 Å². The number of nitrogens with one attached hydrogen (secondary N) is 1. The molecule has 2 aromatic rings. The molecule has 0 saturated heterocycles. The van der Waals surface area contributed by atoms with Gasteiger partial charge in [-0.1, -0.05) is 35.9 Å². The van der Waals surface area contributed by atoms with E-state index in [2.05, 4.69) is 31.0 Å². The lowest BCUT2D eigenvalue weighted by atomic mass is 9.63. The molecule has 2 atom stereocenters. The number of hydrogen-bond acceptors (Lipinski definition) is 2. The molecule has 0 amide bonds. The first kappa shape index (κ1) is 18.4. The molecule has 3 nitrogen and oxygen atoms in total. The SMILES string of the molecule is C/C=C1\[C@H]2C=C(C)C[C@]1(/N=C/C=C/c1ccc(F)cc1)c1ccc(=O)[nH]c1C2. The molecule has 4 heteroatoms. The Labute approximate surface area is 164 Å². The number of nitrogens with zero attached hydrogens (tertiary/aromatic N) is 1. The van der Waals surface area contributed by atoms with Crippen molar-refractivity contribution in [2.45, 2.75) is 32.2 Å². The third-order valence-corrected chi connectivity index (χ3v) is 5.62. The highest BCUT2D eigenvalue weighted by Crippen LogP contribution is 2.51. The van der Waals surface area contributed by atoms with Gasteiger partial charge in [0.2, 0.25) is 5.56 Å². The van der Waals surface area contributed by atoms with Crippen molar-refractivity contribution >= 4 is 12.3 Å². The lowest BCUT2D eigenvalue weighted by Crippen LogP contribution is -2.40. The molecule has 1 heterocycles. The fourth-order valence-corrected chi connectivity index (χ4v) is 4.55. The largest absolute Gasteiger partial charge is 0.326 e. The van der Waals surface area contributed by atoms with Crippen molar-refractivity contribution in [3.8, 4) is 0 Å². The average Bonchev–Trinajstić information content (AvgIpc) is 2.66. The fraction of sp³-hybridized carbons (Fsp3) is 0.250. The van der Waals surface area contributed by atoms with E-state index in [0.717, 1.165) is 29.7 Å². The van der Waals surface area contributed by atoms with Crippen molar-refractivity contribution in [1.82, 2.24) is 4.98 Å². The molecule has 1 aromatic heterocycles. The van der Waals surface area contributed by atoms with Crippen LogP contribution in [0.1, 0.15) is 37.1 Å². The van der Waals surface area contributed by atoms with Gasteiger partial charge in [0.1, 0.15) is 11.4 Å². The maximum atomic E-state index is 13.1. The van der Waals surface area contributed by atoms with E-state index < -0.39 is 5.54 Å². The zero-order valence-electron chi connectivity index (χ0n) is 16.1. The van der Waals surface area contributed by atoms with E-state index in [9.17, 15) is 9.18 Å². The molecule has 28 heavy (non-hydrogen) atoms. The summed E-state index contributed by atoms with van der Waals surface area (Å²) in [4.78, 5) is 19.9. The molecule has 0 saturated carbocycles. The maximum Gasteiger partial charge on any atom is 0.248 e. The van der Waals surface area contributed by atoms with Gasteiger partial charge in [0.25, 0.3) is 0 Å². The molecule has 0 fully saturated rings. The Morgan fingerprint density at radius 2 is 2.00 bits per heavy atom. The summed E-state index contributed by atoms with van der Waals surface area (Å²) in [5, 5.41) is 0. The molecule has 0 radical (unpaired) electrons. The summed E-state index contributed by atoms with van der Waals surface area (Å²) in [6.07, 6.45) is 11.7. The van der Waals surface area contributed by atoms with E-state index in [-0.39, 0.29) is 17.3 Å². The van der Waals surface area contributed by atoms with Gasteiger partial charge >= 0.3 is 0 Å². The lowest BCUT2D eigenvalue weighted by Gasteiger charge is -2.45. The van der Waals surface area contributed by atoms with Crippen molar-refractivity contribution < 1.29 is 4.39 Å². The van der Waals surface area contributed by atoms with Crippen LogP contribution in [0.25, 0.3) is 6.08 Å². The number of fused-ring (bicyclic) bond motifs is 4. The van der Waals surface area contributed by atoms with Crippen LogP contribution in [0.4, 0.5) is 4.39 Å². The van der Waals surface area contributed by atoms with Crippen molar-refractivity contribution in [3.05, 3.63) is 98.8 Å². The molecule has 2 aliphatic carbocycles. The smallest absolute Gasteiger partial charge is 0.248 e. The minimum Gasteiger partial charge on any atom is -0.326 e. The van der Waals surface area contributed by atoms with Crippen LogP contribution in [-0.2, 0) is 12.0 Å². The number of pyridine rings is 1. The van der Waals surface area contributed by atoms with Gasteiger partial charge in [-0.2, -0.15) is 0 Å². The Hall–Kier alpha value is -3.01. The Balaban J connectivity index is 1.76. The zero-order valence-corrected chi connectivity index (χ0v) is 16.1. The van der Waals surface area contributed by atoms with Crippen molar-refractivity contribution in [1.29, 1.82) is 0 Å². The van der Waals surface area contributed by atoms with Crippen LogP contribution < -0.4 is 5.56 Å². The Morgan fingerprint density at radius 1 is 1.21 bits per heavy atom. The summed E-state index contributed by atoms with van der Waals surface area (Å²) in [6, 6.07) is 9.88. The van der Waals surface area contributed by atoms with E-state index in [1.165, 1.54) is 23.3 Å². The van der Waals surface area contributed by atoms with Crippen LogP contribution in [0.15, 0.2) is 75.6 Å². The fourth-order valence-electron chi connectivity index (χ4n) is 4.55. The highest BCUT2D eigenvalue weighted by atomic mass is 19.1. The number of aromatic nitrogens is 1. The number of aromatic amines is 1. The van der Waals surface area contributed by atoms with Crippen LogP contribution in [0.2, 0.25) is 0 Å². The second kappa shape index (κ2) is 7.19. The zero-order chi connectivity index (χ0) is 19.7. The van der Waals surface area contributed by atoms with E-state index in [0.29, 0.717) is 0 Å². The molecule has 1 N–H and O–H groups in total. The summed E-state index contributed by atoms with van der Waals surface area (Å²) in [5.74, 6) is 0.00766. The average molecular weight is 374 g/mol. The van der Waals surface area contributed by atoms with Gasteiger partial charge in [-0.3, -0.25) is 9.79 Å². The number of allylic oxidation sites excluding steroid dienone is 3. The molecule has 2 bridgehead atoms. The summed E-state index contributed by atoms with van der Waals surface area (Å²) >= 11 is 0. The minimum absolute atomic E-state index is 0.0724. The second-order valence-corrected chi connectivity index (χ2v) is 7.51. The number of aliphatic imine (C=N–C) groups is 1. The van der Waals surface area contributed by atoms with Gasteiger partial charge in [0.15, 0.2) is 0 Å². The summed E-state index contributed by atoms with van der Waals surface area (Å²) in [5.41, 5.74) is 5.01. The topological polar surface area (TPSA) is 45.2 Å².